The van der Waals surface area contributed by atoms with Crippen LogP contribution in [0.1, 0.15) is 110 Å². The molecule has 342 valence electrons. The lowest BCUT2D eigenvalue weighted by Crippen LogP contribution is -2.68. The van der Waals surface area contributed by atoms with Crippen molar-refractivity contribution in [1.82, 2.24) is 20.2 Å². The topological polar surface area (TPSA) is 312 Å². The molecule has 0 aromatic carbocycles. The van der Waals surface area contributed by atoms with E-state index in [1.54, 1.807) is 6.08 Å². The summed E-state index contributed by atoms with van der Waals surface area (Å²) >= 11 is 0. The molecule has 60 heavy (non-hydrogen) atoms. The maximum atomic E-state index is 13.2. The van der Waals surface area contributed by atoms with E-state index >= 15 is 0 Å². The zero-order chi connectivity index (χ0) is 43.9. The number of H-pyrrole nitrogens is 1. The molecular weight excluding hydrogens is 792 g/mol. The number of aliphatic hydroxyl groups excluding tert-OH is 8. The van der Waals surface area contributed by atoms with Crippen LogP contribution in [0.2, 0.25) is 0 Å². The summed E-state index contributed by atoms with van der Waals surface area (Å²) in [7, 11) is 0. The van der Waals surface area contributed by atoms with Crippen LogP contribution in [0.15, 0.2) is 34.0 Å². The Morgan fingerprint density at radius 1 is 0.783 bits per heavy atom. The number of ether oxygens (including phenoxy) is 4. The van der Waals surface area contributed by atoms with Gasteiger partial charge in [-0.3, -0.25) is 23.9 Å². The number of rotatable bonds is 23. The fraction of sp³-hybridized carbons (Fsp3) is 0.800. The van der Waals surface area contributed by atoms with E-state index in [1.165, 1.54) is 57.4 Å². The zero-order valence-electron chi connectivity index (χ0n) is 34.4. The molecule has 0 radical (unpaired) electrons. The Bertz CT molecular complexity index is 1610. The molecule has 3 aliphatic heterocycles. The van der Waals surface area contributed by atoms with Crippen LogP contribution in [-0.2, 0) is 28.5 Å². The molecule has 0 aliphatic carbocycles. The second kappa shape index (κ2) is 24.5. The molecule has 1 aromatic heterocycles. The molecule has 3 aliphatic rings. The molecule has 20 nitrogen and oxygen atoms in total. The lowest BCUT2D eigenvalue weighted by atomic mass is 9.91. The highest BCUT2D eigenvalue weighted by atomic mass is 16.8. The second-order valence-corrected chi connectivity index (χ2v) is 16.0. The molecule has 20 heteroatoms. The number of nitrogens with zero attached hydrogens (tertiary/aromatic N) is 1. The van der Waals surface area contributed by atoms with Gasteiger partial charge in [0.1, 0.15) is 60.9 Å². The molecule has 4 heterocycles. The van der Waals surface area contributed by atoms with Gasteiger partial charge in [0.25, 0.3) is 5.56 Å². The second-order valence-electron chi connectivity index (χ2n) is 16.0. The smallest absolute Gasteiger partial charge is 0.330 e. The normalized spacial score (nSPS) is 33.8. The van der Waals surface area contributed by atoms with E-state index in [2.05, 4.69) is 17.6 Å². The van der Waals surface area contributed by atoms with Gasteiger partial charge < -0.3 is 70.4 Å². The molecule has 15 atom stereocenters. The van der Waals surface area contributed by atoms with Gasteiger partial charge in [-0.2, -0.15) is 0 Å². The summed E-state index contributed by atoms with van der Waals surface area (Å²) < 4.78 is 24.1. The number of aromatic nitrogens is 2. The average molecular weight is 859 g/mol. The summed E-state index contributed by atoms with van der Waals surface area (Å²) in [5.41, 5.74) is -1.68. The van der Waals surface area contributed by atoms with Crippen molar-refractivity contribution in [2.24, 2.45) is 0 Å². The Morgan fingerprint density at radius 2 is 1.33 bits per heavy atom. The van der Waals surface area contributed by atoms with Crippen molar-refractivity contribution < 1.29 is 69.4 Å². The standard InChI is InChI=1S/C40H66N4O16/c1-3-4-5-6-7-8-9-10-11-12-13-14-15-16-17-26(48)42-29-33(53)30(50)24(57-39(29)60-38-28(41-22(2)46)32(52)31(51)25(21-45)58-38)20-23(47)36-34(54)35(55)37(59-36)44-19-18-27(49)43-40(44)56/h16-19,23-25,28-39,45,47,50-55H,3-15,20-21H2,1-2H3,(H,41,46)(H,42,48)(H,43,49,56)/b17-16+/t23?,24-,25-,28-,29-,30+,31-,32-,33-,34+,35-,36-,37-,38-,39+/m1/s1. The Balaban J connectivity index is 1.42. The van der Waals surface area contributed by atoms with Gasteiger partial charge in [0.05, 0.1) is 18.8 Å². The van der Waals surface area contributed by atoms with E-state index in [0.717, 1.165) is 49.4 Å². The van der Waals surface area contributed by atoms with Crippen molar-refractivity contribution in [3.8, 4) is 0 Å². The molecule has 3 saturated heterocycles. The Labute approximate surface area is 348 Å². The highest BCUT2D eigenvalue weighted by Gasteiger charge is 2.53. The van der Waals surface area contributed by atoms with Gasteiger partial charge in [-0.15, -0.1) is 0 Å². The van der Waals surface area contributed by atoms with Gasteiger partial charge in [0, 0.05) is 25.6 Å². The SMILES string of the molecule is CCCCCCCCCCCCCC/C=C/C(=O)N[C@H]1[C@H](O[C@H]2O[C@H](CO)[C@@H](O)[C@H](O)[C@H]2NC(C)=O)O[C@H](CC(O)[C@H]2O[C@@H](n3ccc(=O)[nH]c3=O)[C@H](O)[C@@H]2O)[C@H](O)[C@@H]1O. The first-order valence-corrected chi connectivity index (χ1v) is 21.2. The van der Waals surface area contributed by atoms with Crippen LogP contribution in [0, 0.1) is 0 Å². The quantitative estimate of drug-likeness (QED) is 0.0438. The minimum absolute atomic E-state index is 0.597. The molecule has 0 saturated carbocycles. The summed E-state index contributed by atoms with van der Waals surface area (Å²) in [5.74, 6) is -1.35. The predicted octanol–water partition coefficient (Wildman–Crippen LogP) is -1.55. The third-order valence-corrected chi connectivity index (χ3v) is 11.3. The fourth-order valence-corrected chi connectivity index (χ4v) is 7.85. The van der Waals surface area contributed by atoms with E-state index in [0.29, 0.717) is 6.42 Å². The van der Waals surface area contributed by atoms with E-state index in [9.17, 15) is 60.0 Å². The van der Waals surface area contributed by atoms with Crippen LogP contribution in [0.3, 0.4) is 0 Å². The summed E-state index contributed by atoms with van der Waals surface area (Å²) in [4.78, 5) is 51.2. The average Bonchev–Trinajstić information content (AvgIpc) is 3.50. The number of aromatic amines is 1. The molecule has 11 N–H and O–H groups in total. The highest BCUT2D eigenvalue weighted by Crippen LogP contribution is 2.34. The zero-order valence-corrected chi connectivity index (χ0v) is 34.4. The van der Waals surface area contributed by atoms with Gasteiger partial charge in [-0.1, -0.05) is 83.6 Å². The summed E-state index contributed by atoms with van der Waals surface area (Å²) in [6.07, 6.45) is -3.63. The van der Waals surface area contributed by atoms with Crippen molar-refractivity contribution in [2.45, 2.75) is 196 Å². The summed E-state index contributed by atoms with van der Waals surface area (Å²) in [6, 6.07) is -2.01. The van der Waals surface area contributed by atoms with E-state index in [1.807, 2.05) is 4.98 Å². The Hall–Kier alpha value is -3.12. The van der Waals surface area contributed by atoms with Gasteiger partial charge in [-0.05, 0) is 18.9 Å². The fourth-order valence-electron chi connectivity index (χ4n) is 7.85. The lowest BCUT2D eigenvalue weighted by molar-refractivity contribution is -0.346. The van der Waals surface area contributed by atoms with Crippen molar-refractivity contribution >= 4 is 11.8 Å². The number of carbonyl (C=O) groups is 2. The molecule has 0 bridgehead atoms. The van der Waals surface area contributed by atoms with Crippen LogP contribution < -0.4 is 21.9 Å². The molecule has 0 spiro atoms. The van der Waals surface area contributed by atoms with E-state index < -0.39 is 128 Å². The third kappa shape index (κ3) is 13.7. The third-order valence-electron chi connectivity index (χ3n) is 11.3. The van der Waals surface area contributed by atoms with Crippen LogP contribution in [0.25, 0.3) is 0 Å². The number of allylic oxidation sites excluding steroid dienone is 1. The highest BCUT2D eigenvalue weighted by molar-refractivity contribution is 5.87. The van der Waals surface area contributed by atoms with Crippen LogP contribution in [0.4, 0.5) is 0 Å². The Morgan fingerprint density at radius 3 is 1.90 bits per heavy atom. The number of carbonyl (C=O) groups excluding carboxylic acids is 2. The monoisotopic (exact) mass is 858 g/mol. The van der Waals surface area contributed by atoms with Gasteiger partial charge in [0.2, 0.25) is 11.8 Å². The van der Waals surface area contributed by atoms with Crippen molar-refractivity contribution in [3.63, 3.8) is 0 Å². The minimum atomic E-state index is -1.85. The van der Waals surface area contributed by atoms with Gasteiger partial charge in [0.15, 0.2) is 18.8 Å². The van der Waals surface area contributed by atoms with Crippen LogP contribution >= 0.6 is 0 Å². The number of nitrogens with one attached hydrogen (secondary N) is 3. The first-order chi connectivity index (χ1) is 28.7. The lowest BCUT2D eigenvalue weighted by Gasteiger charge is -2.47. The number of hydrogen-bond donors (Lipinski definition) is 11. The van der Waals surface area contributed by atoms with Crippen LogP contribution in [0.5, 0.6) is 0 Å². The minimum Gasteiger partial charge on any atom is -0.394 e. The maximum absolute atomic E-state index is 13.2. The Kier molecular flexibility index (Phi) is 20.2. The molecule has 3 fully saturated rings. The number of amides is 2. The van der Waals surface area contributed by atoms with E-state index in [4.69, 9.17) is 18.9 Å². The molecular formula is C40H66N4O16. The number of hydrogen-bond acceptors (Lipinski definition) is 16. The predicted molar refractivity (Wildman–Crippen MR) is 212 cm³/mol. The summed E-state index contributed by atoms with van der Waals surface area (Å²) in [6.45, 7) is 2.56. The van der Waals surface area contributed by atoms with Gasteiger partial charge in [-0.25, -0.2) is 4.79 Å². The summed E-state index contributed by atoms with van der Waals surface area (Å²) in [5, 5.41) is 91.5. The number of unbranched alkanes of at least 4 members (excludes halogenated alkanes) is 12. The maximum Gasteiger partial charge on any atom is 0.330 e. The first-order valence-electron chi connectivity index (χ1n) is 21.2. The van der Waals surface area contributed by atoms with E-state index in [-0.39, 0.29) is 0 Å². The molecule has 4 rings (SSSR count). The van der Waals surface area contributed by atoms with Crippen LogP contribution in [-0.4, -0.2) is 155 Å². The van der Waals surface area contributed by atoms with Crippen molar-refractivity contribution in [3.05, 3.63) is 45.3 Å². The van der Waals surface area contributed by atoms with Crippen molar-refractivity contribution in [2.75, 3.05) is 6.61 Å². The van der Waals surface area contributed by atoms with Crippen molar-refractivity contribution in [1.29, 1.82) is 0 Å². The molecule has 1 unspecified atom stereocenters. The van der Waals surface area contributed by atoms with Gasteiger partial charge >= 0.3 is 5.69 Å². The number of aliphatic hydroxyl groups is 8. The molecule has 1 aromatic rings. The molecule has 2 amide bonds. The largest absolute Gasteiger partial charge is 0.394 e. The first kappa shape index (κ1) is 49.5.